The van der Waals surface area contributed by atoms with Gasteiger partial charge in [0.25, 0.3) is 5.56 Å². The van der Waals surface area contributed by atoms with Crippen molar-refractivity contribution in [2.75, 3.05) is 5.43 Å². The average Bonchev–Trinajstić information content (AvgIpc) is 2.40. The first-order chi connectivity index (χ1) is 9.38. The topological polar surface area (TPSA) is 70.1 Å². The lowest BCUT2D eigenvalue weighted by atomic mass is 9.72. The van der Waals surface area contributed by atoms with Crippen LogP contribution in [0.25, 0.3) is 0 Å². The zero-order chi connectivity index (χ0) is 14.8. The number of halogens is 1. The number of rotatable bonds is 2. The van der Waals surface area contributed by atoms with Crippen molar-refractivity contribution in [1.82, 2.24) is 10.2 Å². The molecule has 5 nitrogen and oxygen atoms in total. The van der Waals surface area contributed by atoms with Gasteiger partial charge in [0.1, 0.15) is 10.7 Å². The van der Waals surface area contributed by atoms with Crippen molar-refractivity contribution in [3.8, 4) is 0 Å². The van der Waals surface area contributed by atoms with E-state index in [1.165, 1.54) is 6.20 Å². The Balaban J connectivity index is 1.97. The number of H-pyrrole nitrogens is 1. The number of nitrogens with zero attached hydrogens (tertiary/aromatic N) is 2. The summed E-state index contributed by atoms with van der Waals surface area (Å²) < 4.78 is 0. The fourth-order valence-electron chi connectivity index (χ4n) is 2.53. The maximum atomic E-state index is 11.3. The summed E-state index contributed by atoms with van der Waals surface area (Å²) in [4.78, 5) is 11.3. The molecule has 6 heteroatoms. The highest BCUT2D eigenvalue weighted by Crippen LogP contribution is 2.36. The van der Waals surface area contributed by atoms with Crippen LogP contribution in [0.5, 0.6) is 0 Å². The number of anilines is 1. The molecule has 1 aromatic rings. The molecule has 1 aliphatic carbocycles. The second-order valence-electron chi connectivity index (χ2n) is 6.36. The van der Waals surface area contributed by atoms with Crippen LogP contribution >= 0.6 is 11.6 Å². The van der Waals surface area contributed by atoms with Crippen LogP contribution in [0, 0.1) is 11.3 Å². The number of aromatic amines is 1. The molecule has 110 valence electrons. The van der Waals surface area contributed by atoms with E-state index in [0.29, 0.717) is 11.1 Å². The molecule has 2 rings (SSSR count). The van der Waals surface area contributed by atoms with Crippen LogP contribution in [-0.2, 0) is 0 Å². The van der Waals surface area contributed by atoms with E-state index in [1.54, 1.807) is 0 Å². The van der Waals surface area contributed by atoms with Crippen molar-refractivity contribution in [2.24, 2.45) is 16.4 Å². The summed E-state index contributed by atoms with van der Waals surface area (Å²) in [5.74, 6) is 0.742. The van der Waals surface area contributed by atoms with E-state index in [9.17, 15) is 4.79 Å². The van der Waals surface area contributed by atoms with Gasteiger partial charge in [-0.15, -0.1) is 0 Å². The summed E-state index contributed by atoms with van der Waals surface area (Å²) in [7, 11) is 0. The van der Waals surface area contributed by atoms with Gasteiger partial charge in [0.2, 0.25) is 0 Å². The monoisotopic (exact) mass is 296 g/mol. The van der Waals surface area contributed by atoms with Gasteiger partial charge >= 0.3 is 0 Å². The van der Waals surface area contributed by atoms with Gasteiger partial charge in [-0.2, -0.15) is 10.2 Å². The van der Waals surface area contributed by atoms with Crippen LogP contribution in [0.4, 0.5) is 5.69 Å². The first-order valence-corrected chi connectivity index (χ1v) is 7.30. The molecule has 2 N–H and O–H groups in total. The molecule has 1 aliphatic rings. The minimum atomic E-state index is -0.409. The van der Waals surface area contributed by atoms with Gasteiger partial charge in [-0.25, -0.2) is 5.10 Å². The minimum absolute atomic E-state index is 0.0905. The molecule has 0 aliphatic heterocycles. The molecule has 1 heterocycles. The Bertz CT molecular complexity index is 549. The lowest BCUT2D eigenvalue weighted by molar-refractivity contribution is 0.208. The lowest BCUT2D eigenvalue weighted by Crippen LogP contribution is -2.26. The number of hydrogen-bond acceptors (Lipinski definition) is 4. The third kappa shape index (κ3) is 3.60. The van der Waals surface area contributed by atoms with Gasteiger partial charge in [-0.1, -0.05) is 32.4 Å². The molecule has 0 spiro atoms. The SMILES string of the molecule is CC(C)(C)C1CCC(=NNc2cn[nH]c(=O)c2Cl)CC1. The highest BCUT2D eigenvalue weighted by molar-refractivity contribution is 6.32. The Kier molecular flexibility index (Phi) is 4.48. The van der Waals surface area contributed by atoms with Crippen molar-refractivity contribution >= 4 is 23.0 Å². The number of hydrazone groups is 1. The molecule has 0 radical (unpaired) electrons. The van der Waals surface area contributed by atoms with Crippen molar-refractivity contribution < 1.29 is 0 Å². The summed E-state index contributed by atoms with van der Waals surface area (Å²) in [6, 6.07) is 0. The van der Waals surface area contributed by atoms with Crippen molar-refractivity contribution in [3.63, 3.8) is 0 Å². The van der Waals surface area contributed by atoms with Crippen LogP contribution in [0.3, 0.4) is 0 Å². The predicted octanol–water partition coefficient (Wildman–Crippen LogP) is 3.43. The van der Waals surface area contributed by atoms with Crippen molar-refractivity contribution in [3.05, 3.63) is 21.6 Å². The van der Waals surface area contributed by atoms with E-state index in [-0.39, 0.29) is 5.02 Å². The summed E-state index contributed by atoms with van der Waals surface area (Å²) in [5, 5.41) is 10.4. The maximum absolute atomic E-state index is 11.3. The number of nitrogens with one attached hydrogen (secondary N) is 2. The Morgan fingerprint density at radius 3 is 2.65 bits per heavy atom. The molecular formula is C14H21ClN4O. The quantitative estimate of drug-likeness (QED) is 0.821. The van der Waals surface area contributed by atoms with Gasteiger partial charge < -0.3 is 0 Å². The largest absolute Gasteiger partial charge is 0.285 e. The Labute approximate surface area is 123 Å². The zero-order valence-electron chi connectivity index (χ0n) is 12.2. The van der Waals surface area contributed by atoms with Crippen LogP contribution in [-0.4, -0.2) is 15.9 Å². The van der Waals surface area contributed by atoms with Gasteiger partial charge in [-0.05, 0) is 37.0 Å². The summed E-state index contributed by atoms with van der Waals surface area (Å²) >= 11 is 5.88. The van der Waals surface area contributed by atoms with Crippen LogP contribution in [0.1, 0.15) is 46.5 Å². The van der Waals surface area contributed by atoms with E-state index >= 15 is 0 Å². The van der Waals surface area contributed by atoms with Crippen LogP contribution < -0.4 is 11.0 Å². The number of aromatic nitrogens is 2. The van der Waals surface area contributed by atoms with Gasteiger partial charge in [0, 0.05) is 5.71 Å². The van der Waals surface area contributed by atoms with Crippen molar-refractivity contribution in [2.45, 2.75) is 46.5 Å². The maximum Gasteiger partial charge on any atom is 0.285 e. The van der Waals surface area contributed by atoms with Gasteiger partial charge in [-0.3, -0.25) is 10.2 Å². The Morgan fingerprint density at radius 1 is 1.40 bits per heavy atom. The fourth-order valence-corrected chi connectivity index (χ4v) is 2.66. The molecule has 0 atom stereocenters. The fraction of sp³-hybridized carbons (Fsp3) is 0.643. The van der Waals surface area contributed by atoms with E-state index in [4.69, 9.17) is 11.6 Å². The number of hydrogen-bond donors (Lipinski definition) is 2. The van der Waals surface area contributed by atoms with Gasteiger partial charge in [0.05, 0.1) is 6.20 Å². The molecule has 1 saturated carbocycles. The highest BCUT2D eigenvalue weighted by Gasteiger charge is 2.28. The minimum Gasteiger partial charge on any atom is -0.275 e. The standard InChI is InChI=1S/C14H21ClN4O/c1-14(2,3)9-4-6-10(7-5-9)17-18-11-8-16-19-13(20)12(11)15/h8-9H,4-7H2,1-3H3,(H2,18,19,20). The van der Waals surface area contributed by atoms with E-state index in [2.05, 4.69) is 41.5 Å². The summed E-state index contributed by atoms with van der Waals surface area (Å²) in [6.07, 6.45) is 5.76. The molecule has 0 amide bonds. The second-order valence-corrected chi connectivity index (χ2v) is 6.73. The normalized spacial score (nSPS) is 19.8. The van der Waals surface area contributed by atoms with E-state index in [1.807, 2.05) is 0 Å². The summed E-state index contributed by atoms with van der Waals surface area (Å²) in [5.41, 5.74) is 4.37. The first-order valence-electron chi connectivity index (χ1n) is 6.92. The zero-order valence-corrected chi connectivity index (χ0v) is 12.9. The van der Waals surface area contributed by atoms with Gasteiger partial charge in [0.15, 0.2) is 0 Å². The van der Waals surface area contributed by atoms with E-state index < -0.39 is 5.56 Å². The predicted molar refractivity (Wildman–Crippen MR) is 82.3 cm³/mol. The molecular weight excluding hydrogens is 276 g/mol. The molecule has 0 unspecified atom stereocenters. The molecule has 0 aromatic carbocycles. The van der Waals surface area contributed by atoms with Crippen LogP contribution in [0.2, 0.25) is 5.02 Å². The molecule has 0 bridgehead atoms. The Morgan fingerprint density at radius 2 is 2.05 bits per heavy atom. The third-order valence-corrected chi connectivity index (χ3v) is 4.29. The third-order valence-electron chi connectivity index (χ3n) is 3.92. The lowest BCUT2D eigenvalue weighted by Gasteiger charge is -2.34. The summed E-state index contributed by atoms with van der Waals surface area (Å²) in [6.45, 7) is 6.87. The van der Waals surface area contributed by atoms with Crippen LogP contribution in [0.15, 0.2) is 16.1 Å². The highest BCUT2D eigenvalue weighted by atomic mass is 35.5. The smallest absolute Gasteiger partial charge is 0.275 e. The molecule has 1 fully saturated rings. The molecule has 20 heavy (non-hydrogen) atoms. The Hall–Kier alpha value is -1.36. The second kappa shape index (κ2) is 5.95. The van der Waals surface area contributed by atoms with Crippen molar-refractivity contribution in [1.29, 1.82) is 0 Å². The average molecular weight is 297 g/mol. The molecule has 0 saturated heterocycles. The first kappa shape index (κ1) is 15.0. The van der Waals surface area contributed by atoms with E-state index in [0.717, 1.165) is 37.3 Å². The molecule has 1 aromatic heterocycles.